The summed E-state index contributed by atoms with van der Waals surface area (Å²) >= 11 is 0. The number of anilines is 1. The van der Waals surface area contributed by atoms with Crippen molar-refractivity contribution >= 4 is 5.82 Å². The Morgan fingerprint density at radius 1 is 1.41 bits per heavy atom. The molecule has 1 fully saturated rings. The van der Waals surface area contributed by atoms with E-state index in [2.05, 4.69) is 34.8 Å². The molecule has 1 aliphatic rings. The Hall–Kier alpha value is -1.16. The Balaban J connectivity index is 2.25. The van der Waals surface area contributed by atoms with E-state index in [1.165, 1.54) is 0 Å². The van der Waals surface area contributed by atoms with Crippen LogP contribution in [-0.4, -0.2) is 29.1 Å². The average molecular weight is 234 g/mol. The van der Waals surface area contributed by atoms with Crippen LogP contribution in [0.5, 0.6) is 0 Å². The highest BCUT2D eigenvalue weighted by Gasteiger charge is 2.19. The van der Waals surface area contributed by atoms with Gasteiger partial charge in [0.15, 0.2) is 0 Å². The van der Waals surface area contributed by atoms with Gasteiger partial charge in [0.25, 0.3) is 0 Å². The van der Waals surface area contributed by atoms with Crippen molar-refractivity contribution in [2.75, 3.05) is 18.0 Å². The summed E-state index contributed by atoms with van der Waals surface area (Å²) in [5.74, 6) is 2.34. The van der Waals surface area contributed by atoms with Crippen molar-refractivity contribution in [3.8, 4) is 0 Å². The van der Waals surface area contributed by atoms with Gasteiger partial charge >= 0.3 is 0 Å². The van der Waals surface area contributed by atoms with Crippen LogP contribution in [-0.2, 0) is 0 Å². The Morgan fingerprint density at radius 3 is 2.82 bits per heavy atom. The molecule has 1 atom stereocenters. The Bertz CT molecular complexity index is 389. The van der Waals surface area contributed by atoms with E-state index in [-0.39, 0.29) is 6.04 Å². The zero-order valence-corrected chi connectivity index (χ0v) is 11.0. The second kappa shape index (κ2) is 5.00. The van der Waals surface area contributed by atoms with E-state index in [0.29, 0.717) is 5.92 Å². The van der Waals surface area contributed by atoms with E-state index in [0.717, 1.165) is 43.3 Å². The number of piperidine rings is 1. The number of nitrogens with zero attached hydrogens (tertiary/aromatic N) is 3. The minimum Gasteiger partial charge on any atom is -0.355 e. The monoisotopic (exact) mass is 234 g/mol. The van der Waals surface area contributed by atoms with Crippen LogP contribution in [0.15, 0.2) is 6.07 Å². The third kappa shape index (κ3) is 2.94. The summed E-state index contributed by atoms with van der Waals surface area (Å²) in [5, 5.41) is 0. The molecular weight excluding hydrogens is 212 g/mol. The van der Waals surface area contributed by atoms with E-state index in [1.807, 2.05) is 6.92 Å². The maximum Gasteiger partial charge on any atom is 0.133 e. The van der Waals surface area contributed by atoms with Gasteiger partial charge in [0.05, 0.1) is 0 Å². The second-order valence-corrected chi connectivity index (χ2v) is 5.23. The molecule has 4 heteroatoms. The van der Waals surface area contributed by atoms with Gasteiger partial charge in [-0.2, -0.15) is 0 Å². The molecule has 2 rings (SSSR count). The Kier molecular flexibility index (Phi) is 3.62. The van der Waals surface area contributed by atoms with Crippen molar-refractivity contribution in [2.45, 2.75) is 45.6 Å². The summed E-state index contributed by atoms with van der Waals surface area (Å²) in [6, 6.07) is 2.34. The smallest absolute Gasteiger partial charge is 0.133 e. The summed E-state index contributed by atoms with van der Waals surface area (Å²) in [6.07, 6.45) is 2.28. The fourth-order valence-electron chi connectivity index (χ4n) is 2.21. The molecule has 17 heavy (non-hydrogen) atoms. The molecule has 1 aromatic heterocycles. The molecule has 1 unspecified atom stereocenters. The number of aryl methyl sites for hydroxylation is 1. The molecule has 0 amide bonds. The lowest BCUT2D eigenvalue weighted by molar-refractivity contribution is 0.502. The first-order chi connectivity index (χ1) is 8.06. The SMILES string of the molecule is Cc1cc(N2CCCC(N)C2)nc(C(C)C)n1. The third-order valence-corrected chi connectivity index (χ3v) is 3.16. The molecule has 0 aromatic carbocycles. The van der Waals surface area contributed by atoms with Crippen molar-refractivity contribution in [2.24, 2.45) is 5.73 Å². The molecule has 0 spiro atoms. The topological polar surface area (TPSA) is 55.0 Å². The van der Waals surface area contributed by atoms with Crippen molar-refractivity contribution in [1.82, 2.24) is 9.97 Å². The lowest BCUT2D eigenvalue weighted by atomic mass is 10.1. The first kappa shape index (κ1) is 12.3. The highest BCUT2D eigenvalue weighted by atomic mass is 15.2. The molecular formula is C13H22N4. The molecule has 2 N–H and O–H groups in total. The van der Waals surface area contributed by atoms with E-state index in [9.17, 15) is 0 Å². The number of hydrogen-bond donors (Lipinski definition) is 1. The highest BCUT2D eigenvalue weighted by molar-refractivity contribution is 5.40. The zero-order valence-electron chi connectivity index (χ0n) is 11.0. The molecule has 0 saturated carbocycles. The van der Waals surface area contributed by atoms with E-state index >= 15 is 0 Å². The van der Waals surface area contributed by atoms with Crippen molar-refractivity contribution in [3.63, 3.8) is 0 Å². The van der Waals surface area contributed by atoms with Crippen LogP contribution >= 0.6 is 0 Å². The standard InChI is InChI=1S/C13H22N4/c1-9(2)13-15-10(3)7-12(16-13)17-6-4-5-11(14)8-17/h7,9,11H,4-6,8,14H2,1-3H3. The zero-order chi connectivity index (χ0) is 12.4. The minimum absolute atomic E-state index is 0.279. The van der Waals surface area contributed by atoms with Gasteiger partial charge in [-0.1, -0.05) is 13.8 Å². The summed E-state index contributed by atoms with van der Waals surface area (Å²) in [6.45, 7) is 8.25. The van der Waals surface area contributed by atoms with Gasteiger partial charge in [-0.25, -0.2) is 9.97 Å². The Labute approximate surface area is 103 Å². The molecule has 1 aromatic rings. The summed E-state index contributed by atoms with van der Waals surface area (Å²) in [4.78, 5) is 11.4. The maximum absolute atomic E-state index is 6.01. The molecule has 0 radical (unpaired) electrons. The lowest BCUT2D eigenvalue weighted by Gasteiger charge is -2.32. The lowest BCUT2D eigenvalue weighted by Crippen LogP contribution is -2.43. The van der Waals surface area contributed by atoms with Gasteiger partial charge in [-0.15, -0.1) is 0 Å². The molecule has 4 nitrogen and oxygen atoms in total. The number of rotatable bonds is 2. The predicted molar refractivity (Wildman–Crippen MR) is 70.3 cm³/mol. The number of aromatic nitrogens is 2. The summed E-state index contributed by atoms with van der Waals surface area (Å²) in [7, 11) is 0. The molecule has 1 aliphatic heterocycles. The van der Waals surface area contributed by atoms with Gasteiger partial charge < -0.3 is 10.6 Å². The molecule has 1 saturated heterocycles. The van der Waals surface area contributed by atoms with Crippen molar-refractivity contribution in [3.05, 3.63) is 17.6 Å². The van der Waals surface area contributed by atoms with Crippen molar-refractivity contribution < 1.29 is 0 Å². The largest absolute Gasteiger partial charge is 0.355 e. The summed E-state index contributed by atoms with van der Waals surface area (Å²) in [5.41, 5.74) is 7.05. The van der Waals surface area contributed by atoms with Crippen LogP contribution in [0.2, 0.25) is 0 Å². The van der Waals surface area contributed by atoms with Crippen LogP contribution in [0.4, 0.5) is 5.82 Å². The van der Waals surface area contributed by atoms with Crippen LogP contribution in [0.25, 0.3) is 0 Å². The van der Waals surface area contributed by atoms with Crippen LogP contribution in [0, 0.1) is 6.92 Å². The van der Waals surface area contributed by atoms with Gasteiger partial charge in [-0.3, -0.25) is 0 Å². The van der Waals surface area contributed by atoms with Crippen LogP contribution < -0.4 is 10.6 Å². The van der Waals surface area contributed by atoms with Gasteiger partial charge in [-0.05, 0) is 19.8 Å². The van der Waals surface area contributed by atoms with E-state index < -0.39 is 0 Å². The second-order valence-electron chi connectivity index (χ2n) is 5.23. The van der Waals surface area contributed by atoms with Gasteiger partial charge in [0.1, 0.15) is 11.6 Å². The van der Waals surface area contributed by atoms with Crippen LogP contribution in [0.1, 0.15) is 44.1 Å². The normalized spacial score (nSPS) is 21.0. The molecule has 0 aliphatic carbocycles. The predicted octanol–water partition coefficient (Wildman–Crippen LogP) is 1.84. The average Bonchev–Trinajstić information content (AvgIpc) is 2.28. The molecule has 94 valence electrons. The quantitative estimate of drug-likeness (QED) is 0.848. The van der Waals surface area contributed by atoms with Gasteiger partial charge in [0, 0.05) is 36.8 Å². The molecule has 2 heterocycles. The van der Waals surface area contributed by atoms with E-state index in [1.54, 1.807) is 0 Å². The third-order valence-electron chi connectivity index (χ3n) is 3.16. The van der Waals surface area contributed by atoms with E-state index in [4.69, 9.17) is 5.73 Å². The fraction of sp³-hybridized carbons (Fsp3) is 0.692. The molecule has 0 bridgehead atoms. The number of nitrogens with two attached hydrogens (primary N) is 1. The highest BCUT2D eigenvalue weighted by Crippen LogP contribution is 2.20. The van der Waals surface area contributed by atoms with Crippen molar-refractivity contribution in [1.29, 1.82) is 0 Å². The fourth-order valence-corrected chi connectivity index (χ4v) is 2.21. The number of hydrogen-bond acceptors (Lipinski definition) is 4. The first-order valence-corrected chi connectivity index (χ1v) is 6.42. The minimum atomic E-state index is 0.279. The maximum atomic E-state index is 6.01. The van der Waals surface area contributed by atoms with Crippen LogP contribution in [0.3, 0.4) is 0 Å². The Morgan fingerprint density at radius 2 is 2.18 bits per heavy atom. The van der Waals surface area contributed by atoms with Gasteiger partial charge in [0.2, 0.25) is 0 Å². The first-order valence-electron chi connectivity index (χ1n) is 6.42. The summed E-state index contributed by atoms with van der Waals surface area (Å²) < 4.78 is 0.